The van der Waals surface area contributed by atoms with Crippen LogP contribution in [0.15, 0.2) is 48.6 Å². The fourth-order valence-electron chi connectivity index (χ4n) is 8.70. The zero-order valence-electron chi connectivity index (χ0n) is 46.1. The highest BCUT2D eigenvalue weighted by Gasteiger charge is 2.19. The minimum Gasteiger partial charge on any atom is -0.462 e. The van der Waals surface area contributed by atoms with Gasteiger partial charge in [0.15, 0.2) is 6.10 Å². The van der Waals surface area contributed by atoms with Crippen molar-refractivity contribution in [2.24, 2.45) is 0 Å². The van der Waals surface area contributed by atoms with Crippen molar-refractivity contribution in [1.29, 1.82) is 0 Å². The molecule has 0 aromatic heterocycles. The quantitative estimate of drug-likeness (QED) is 0.0262. The number of allylic oxidation sites excluding steroid dienone is 8. The van der Waals surface area contributed by atoms with E-state index < -0.39 is 6.10 Å². The Morgan fingerprint density at radius 2 is 0.522 bits per heavy atom. The van der Waals surface area contributed by atoms with Gasteiger partial charge in [0.25, 0.3) is 0 Å². The first-order chi connectivity index (χ1) is 34.0. The Morgan fingerprint density at radius 1 is 0.290 bits per heavy atom. The van der Waals surface area contributed by atoms with Crippen molar-refractivity contribution in [3.63, 3.8) is 0 Å². The van der Waals surface area contributed by atoms with Crippen molar-refractivity contribution in [3.05, 3.63) is 48.6 Å². The van der Waals surface area contributed by atoms with Crippen molar-refractivity contribution in [3.8, 4) is 0 Å². The van der Waals surface area contributed by atoms with Crippen molar-refractivity contribution in [2.75, 3.05) is 13.2 Å². The molecule has 0 aromatic rings. The largest absolute Gasteiger partial charge is 0.462 e. The molecule has 0 saturated heterocycles. The molecule has 0 heterocycles. The zero-order chi connectivity index (χ0) is 50.0. The monoisotopic (exact) mass is 967 g/mol. The predicted molar refractivity (Wildman–Crippen MR) is 298 cm³/mol. The second-order valence-electron chi connectivity index (χ2n) is 20.2. The van der Waals surface area contributed by atoms with Crippen LogP contribution >= 0.6 is 0 Å². The third-order valence-electron chi connectivity index (χ3n) is 13.3. The van der Waals surface area contributed by atoms with Gasteiger partial charge in [0, 0.05) is 19.3 Å². The van der Waals surface area contributed by atoms with Gasteiger partial charge in [0.05, 0.1) is 0 Å². The van der Waals surface area contributed by atoms with Crippen LogP contribution in [0.5, 0.6) is 0 Å². The van der Waals surface area contributed by atoms with Crippen LogP contribution in [0.4, 0.5) is 0 Å². The number of unbranched alkanes of at least 4 members (excludes halogenated alkanes) is 36. The van der Waals surface area contributed by atoms with Crippen molar-refractivity contribution in [1.82, 2.24) is 0 Å². The molecule has 0 aliphatic rings. The van der Waals surface area contributed by atoms with E-state index in [0.29, 0.717) is 19.3 Å². The van der Waals surface area contributed by atoms with E-state index in [1.165, 1.54) is 193 Å². The summed E-state index contributed by atoms with van der Waals surface area (Å²) in [4.78, 5) is 38.2. The number of hydrogen-bond donors (Lipinski definition) is 0. The van der Waals surface area contributed by atoms with Gasteiger partial charge in [-0.3, -0.25) is 14.4 Å². The minimum atomic E-state index is -0.782. The van der Waals surface area contributed by atoms with Gasteiger partial charge in [-0.1, -0.05) is 243 Å². The first kappa shape index (κ1) is 66.4. The van der Waals surface area contributed by atoms with E-state index in [-0.39, 0.29) is 31.1 Å². The summed E-state index contributed by atoms with van der Waals surface area (Å²) in [6, 6.07) is 0. The van der Waals surface area contributed by atoms with E-state index in [1.54, 1.807) is 0 Å². The van der Waals surface area contributed by atoms with Crippen LogP contribution < -0.4 is 0 Å². The van der Waals surface area contributed by atoms with Crippen molar-refractivity contribution >= 4 is 17.9 Å². The molecular weight excluding hydrogens is 853 g/mol. The van der Waals surface area contributed by atoms with Gasteiger partial charge in [-0.2, -0.15) is 0 Å². The second-order valence-corrected chi connectivity index (χ2v) is 20.2. The van der Waals surface area contributed by atoms with Gasteiger partial charge in [0.2, 0.25) is 0 Å². The molecule has 1 unspecified atom stereocenters. The van der Waals surface area contributed by atoms with Crippen LogP contribution in [0, 0.1) is 0 Å². The van der Waals surface area contributed by atoms with E-state index in [4.69, 9.17) is 14.2 Å². The van der Waals surface area contributed by atoms with Gasteiger partial charge < -0.3 is 14.2 Å². The summed E-state index contributed by atoms with van der Waals surface area (Å²) in [5, 5.41) is 0. The second kappa shape index (κ2) is 57.9. The molecule has 0 rings (SSSR count). The van der Waals surface area contributed by atoms with E-state index in [2.05, 4.69) is 69.4 Å². The fourth-order valence-corrected chi connectivity index (χ4v) is 8.70. The SMILES string of the molecule is CCCCCCC/C=C\C/C=C\CCCCCCCCCCCC(=O)OCC(COC(=O)CCCCCCC/C=C\CCCCCCC)OC(=O)CCCCCCC/C=C\CCCCCCCCC. The lowest BCUT2D eigenvalue weighted by Crippen LogP contribution is -2.30. The average molecular weight is 968 g/mol. The smallest absolute Gasteiger partial charge is 0.306 e. The van der Waals surface area contributed by atoms with Crippen LogP contribution in [-0.2, 0) is 28.6 Å². The highest BCUT2D eigenvalue weighted by Crippen LogP contribution is 2.16. The number of hydrogen-bond acceptors (Lipinski definition) is 6. The maximum Gasteiger partial charge on any atom is 0.306 e. The van der Waals surface area contributed by atoms with Crippen LogP contribution in [0.1, 0.15) is 316 Å². The molecule has 0 spiro atoms. The molecule has 402 valence electrons. The Morgan fingerprint density at radius 3 is 0.812 bits per heavy atom. The van der Waals surface area contributed by atoms with Crippen LogP contribution in [-0.4, -0.2) is 37.2 Å². The van der Waals surface area contributed by atoms with E-state index >= 15 is 0 Å². The lowest BCUT2D eigenvalue weighted by Gasteiger charge is -2.18. The van der Waals surface area contributed by atoms with Crippen LogP contribution in [0.2, 0.25) is 0 Å². The van der Waals surface area contributed by atoms with Crippen LogP contribution in [0.3, 0.4) is 0 Å². The van der Waals surface area contributed by atoms with Gasteiger partial charge in [0.1, 0.15) is 13.2 Å². The predicted octanol–water partition coefficient (Wildman–Crippen LogP) is 20.2. The minimum absolute atomic E-state index is 0.0796. The fraction of sp³-hybridized carbons (Fsp3) is 0.825. The molecule has 0 aromatic carbocycles. The molecule has 69 heavy (non-hydrogen) atoms. The summed E-state index contributed by atoms with van der Waals surface area (Å²) < 4.78 is 16.9. The summed E-state index contributed by atoms with van der Waals surface area (Å²) in [6.45, 7) is 6.64. The highest BCUT2D eigenvalue weighted by atomic mass is 16.6. The first-order valence-electron chi connectivity index (χ1n) is 30.1. The van der Waals surface area contributed by atoms with Crippen molar-refractivity contribution < 1.29 is 28.6 Å². The third-order valence-corrected chi connectivity index (χ3v) is 13.3. The highest BCUT2D eigenvalue weighted by molar-refractivity contribution is 5.71. The summed E-state index contributed by atoms with van der Waals surface area (Å²) in [7, 11) is 0. The number of rotatable bonds is 55. The molecule has 0 aliphatic carbocycles. The molecule has 0 N–H and O–H groups in total. The molecule has 0 radical (unpaired) electrons. The third kappa shape index (κ3) is 56.2. The van der Waals surface area contributed by atoms with Gasteiger partial charge >= 0.3 is 17.9 Å². The number of carbonyl (C=O) groups excluding carboxylic acids is 3. The summed E-state index contributed by atoms with van der Waals surface area (Å²) >= 11 is 0. The van der Waals surface area contributed by atoms with Gasteiger partial charge in [-0.15, -0.1) is 0 Å². The summed E-state index contributed by atoms with van der Waals surface area (Å²) in [5.74, 6) is -0.886. The lowest BCUT2D eigenvalue weighted by molar-refractivity contribution is -0.167. The molecular formula is C63H114O6. The summed E-state index contributed by atoms with van der Waals surface area (Å²) in [5.41, 5.74) is 0. The lowest BCUT2D eigenvalue weighted by atomic mass is 10.1. The molecule has 1 atom stereocenters. The summed E-state index contributed by atoms with van der Waals surface area (Å²) in [6.07, 6.45) is 71.0. The first-order valence-corrected chi connectivity index (χ1v) is 30.1. The topological polar surface area (TPSA) is 78.9 Å². The van der Waals surface area contributed by atoms with E-state index in [0.717, 1.165) is 83.5 Å². The maximum atomic E-state index is 12.9. The molecule has 0 bridgehead atoms. The normalized spacial score (nSPS) is 12.3. The van der Waals surface area contributed by atoms with Crippen LogP contribution in [0.25, 0.3) is 0 Å². The van der Waals surface area contributed by atoms with Gasteiger partial charge in [-0.25, -0.2) is 0 Å². The molecule has 6 heteroatoms. The Kier molecular flexibility index (Phi) is 55.7. The van der Waals surface area contributed by atoms with E-state index in [9.17, 15) is 14.4 Å². The molecule has 6 nitrogen and oxygen atoms in total. The number of carbonyl (C=O) groups is 3. The molecule has 0 aliphatic heterocycles. The zero-order valence-corrected chi connectivity index (χ0v) is 46.1. The Hall–Kier alpha value is -2.63. The number of ether oxygens (including phenoxy) is 3. The molecule has 0 fully saturated rings. The van der Waals surface area contributed by atoms with Gasteiger partial charge in [-0.05, 0) is 103 Å². The Labute approximate surface area is 428 Å². The molecule has 0 amide bonds. The number of esters is 3. The Bertz CT molecular complexity index is 1200. The molecule has 0 saturated carbocycles. The maximum absolute atomic E-state index is 12.9. The van der Waals surface area contributed by atoms with Crippen molar-refractivity contribution in [2.45, 2.75) is 322 Å². The standard InChI is InChI=1S/C63H114O6/c1-4-7-10-13-16-19-22-25-28-30-31-32-33-34-36-38-41-44-47-50-53-56-62(65)68-59-60(58-67-61(64)55-52-49-46-43-40-37-27-24-21-18-15-12-9-6-3)69-63(66)57-54-51-48-45-42-39-35-29-26-23-20-17-14-11-8-5-2/h22,24-25,27,29-31,35,60H,4-21,23,26,28,32-34,36-59H2,1-3H3/b25-22-,27-24-,31-30-,35-29-. The average Bonchev–Trinajstić information content (AvgIpc) is 3.35. The van der Waals surface area contributed by atoms with E-state index in [1.807, 2.05) is 0 Å². The Balaban J connectivity index is 4.35.